The van der Waals surface area contributed by atoms with Crippen molar-refractivity contribution in [2.75, 3.05) is 0 Å². The minimum Gasteiger partial charge on any atom is -0.207 e. The minimum atomic E-state index is -0.242. The maximum absolute atomic E-state index is 15.0. The average molecular weight is 381 g/mol. The highest BCUT2D eigenvalue weighted by atomic mass is 19.1. The van der Waals surface area contributed by atoms with Gasteiger partial charge in [-0.1, -0.05) is 36.4 Å². The molecule has 0 aliphatic heterocycles. The summed E-state index contributed by atoms with van der Waals surface area (Å²) in [7, 11) is 0. The molecule has 2 saturated carbocycles. The zero-order valence-corrected chi connectivity index (χ0v) is 16.9. The first-order valence-corrected chi connectivity index (χ1v) is 10.7. The van der Waals surface area contributed by atoms with Crippen LogP contribution in [0, 0.1) is 36.3 Å². The van der Waals surface area contributed by atoms with Crippen molar-refractivity contribution in [2.24, 2.45) is 17.8 Å². The number of aryl methyl sites for hydroxylation is 1. The van der Waals surface area contributed by atoms with Gasteiger partial charge in [0.25, 0.3) is 0 Å². The number of halogens is 2. The molecule has 0 N–H and O–H groups in total. The van der Waals surface area contributed by atoms with Gasteiger partial charge in [-0.25, -0.2) is 8.78 Å². The molecule has 2 aliphatic rings. The lowest BCUT2D eigenvalue weighted by atomic mass is 9.64. The summed E-state index contributed by atoms with van der Waals surface area (Å²) in [6.07, 6.45) is 11.8. The maximum atomic E-state index is 15.0. The highest BCUT2D eigenvalue weighted by molar-refractivity contribution is 5.64. The fraction of sp³-hybridized carbons (Fsp3) is 0.462. The standard InChI is InChI=1S/C26H30F2/c1-3-4-18-6-8-20-14-23(10-9-19(20)13-18)24-12-11-22(16-26(24)28)21-7-5-17(2)25(27)15-21/h3-5,7,11-12,15-16,18-20,23H,6,8-10,13-14H2,1-2H3/b4-3+. The van der Waals surface area contributed by atoms with Crippen molar-refractivity contribution in [1.82, 2.24) is 0 Å². The van der Waals surface area contributed by atoms with Gasteiger partial charge < -0.3 is 0 Å². The monoisotopic (exact) mass is 380 g/mol. The molecule has 4 unspecified atom stereocenters. The molecule has 148 valence electrons. The smallest absolute Gasteiger partial charge is 0.127 e. The summed E-state index contributed by atoms with van der Waals surface area (Å²) in [5.41, 5.74) is 2.95. The van der Waals surface area contributed by atoms with E-state index in [-0.39, 0.29) is 11.6 Å². The van der Waals surface area contributed by atoms with E-state index in [2.05, 4.69) is 19.1 Å². The van der Waals surface area contributed by atoms with Crippen LogP contribution >= 0.6 is 0 Å². The molecule has 2 heteroatoms. The van der Waals surface area contributed by atoms with Crippen LogP contribution in [0.25, 0.3) is 11.1 Å². The van der Waals surface area contributed by atoms with Gasteiger partial charge in [0.1, 0.15) is 11.6 Å². The SMILES string of the molecule is C/C=C/C1CCC2CC(c3ccc(-c4ccc(C)c(F)c4)cc3F)CCC2C1. The molecule has 4 atom stereocenters. The van der Waals surface area contributed by atoms with Gasteiger partial charge in [0.05, 0.1) is 0 Å². The minimum absolute atomic E-state index is 0.135. The first-order chi connectivity index (χ1) is 13.5. The van der Waals surface area contributed by atoms with E-state index in [4.69, 9.17) is 0 Å². The van der Waals surface area contributed by atoms with Crippen molar-refractivity contribution in [3.05, 3.63) is 71.3 Å². The van der Waals surface area contributed by atoms with Crippen LogP contribution in [0.2, 0.25) is 0 Å². The molecule has 0 spiro atoms. The van der Waals surface area contributed by atoms with Crippen LogP contribution in [0.4, 0.5) is 8.78 Å². The van der Waals surface area contributed by atoms with Gasteiger partial charge in [0, 0.05) is 0 Å². The van der Waals surface area contributed by atoms with E-state index < -0.39 is 0 Å². The Labute approximate surface area is 167 Å². The Morgan fingerprint density at radius 1 is 0.821 bits per heavy atom. The molecule has 2 fully saturated rings. The molecule has 0 bridgehead atoms. The van der Waals surface area contributed by atoms with Crippen molar-refractivity contribution in [3.8, 4) is 11.1 Å². The van der Waals surface area contributed by atoms with Gasteiger partial charge in [-0.2, -0.15) is 0 Å². The third-order valence-corrected chi connectivity index (χ3v) is 7.06. The topological polar surface area (TPSA) is 0 Å². The van der Waals surface area contributed by atoms with Gasteiger partial charge in [-0.05, 0) is 110 Å². The third kappa shape index (κ3) is 3.92. The lowest BCUT2D eigenvalue weighted by Gasteiger charge is -2.42. The van der Waals surface area contributed by atoms with Gasteiger partial charge in [-0.15, -0.1) is 0 Å². The van der Waals surface area contributed by atoms with Gasteiger partial charge in [0.15, 0.2) is 0 Å². The Morgan fingerprint density at radius 2 is 1.50 bits per heavy atom. The summed E-state index contributed by atoms with van der Waals surface area (Å²) in [5, 5.41) is 0. The van der Waals surface area contributed by atoms with Gasteiger partial charge in [0.2, 0.25) is 0 Å². The lowest BCUT2D eigenvalue weighted by Crippen LogP contribution is -2.30. The van der Waals surface area contributed by atoms with E-state index >= 15 is 0 Å². The van der Waals surface area contributed by atoms with Crippen LogP contribution in [0.1, 0.15) is 62.5 Å². The Morgan fingerprint density at radius 3 is 2.21 bits per heavy atom. The van der Waals surface area contributed by atoms with Crippen LogP contribution in [0.15, 0.2) is 48.6 Å². The molecule has 0 saturated heterocycles. The summed E-state index contributed by atoms with van der Waals surface area (Å²) in [4.78, 5) is 0. The molecule has 28 heavy (non-hydrogen) atoms. The number of fused-ring (bicyclic) bond motifs is 1. The molecule has 0 heterocycles. The van der Waals surface area contributed by atoms with E-state index in [1.54, 1.807) is 19.1 Å². The summed E-state index contributed by atoms with van der Waals surface area (Å²) >= 11 is 0. The van der Waals surface area contributed by atoms with Crippen molar-refractivity contribution in [2.45, 2.75) is 58.3 Å². The van der Waals surface area contributed by atoms with Crippen LogP contribution < -0.4 is 0 Å². The summed E-state index contributed by atoms with van der Waals surface area (Å²) in [6.45, 7) is 3.85. The second kappa shape index (κ2) is 8.19. The van der Waals surface area contributed by atoms with Gasteiger partial charge >= 0.3 is 0 Å². The van der Waals surface area contributed by atoms with Gasteiger partial charge in [-0.3, -0.25) is 0 Å². The zero-order chi connectivity index (χ0) is 19.7. The normalized spacial score (nSPS) is 27.7. The summed E-state index contributed by atoms with van der Waals surface area (Å²) < 4.78 is 28.9. The Balaban J connectivity index is 1.49. The largest absolute Gasteiger partial charge is 0.207 e. The number of hydrogen-bond acceptors (Lipinski definition) is 0. The van der Waals surface area contributed by atoms with E-state index in [1.807, 2.05) is 18.2 Å². The molecular formula is C26H30F2. The molecule has 0 aromatic heterocycles. The maximum Gasteiger partial charge on any atom is 0.127 e. The molecule has 2 aromatic carbocycles. The van der Waals surface area contributed by atoms with Crippen molar-refractivity contribution in [1.29, 1.82) is 0 Å². The third-order valence-electron chi connectivity index (χ3n) is 7.06. The van der Waals surface area contributed by atoms with Crippen molar-refractivity contribution in [3.63, 3.8) is 0 Å². The summed E-state index contributed by atoms with van der Waals surface area (Å²) in [5.74, 6) is 2.24. The first-order valence-electron chi connectivity index (χ1n) is 10.7. The Bertz CT molecular complexity index is 867. The van der Waals surface area contributed by atoms with E-state index in [0.29, 0.717) is 11.5 Å². The second-order valence-electron chi connectivity index (χ2n) is 8.83. The highest BCUT2D eigenvalue weighted by Crippen LogP contribution is 2.48. The predicted molar refractivity (Wildman–Crippen MR) is 112 cm³/mol. The average Bonchev–Trinajstić information content (AvgIpc) is 2.70. The molecule has 2 aromatic rings. The second-order valence-corrected chi connectivity index (χ2v) is 8.83. The van der Waals surface area contributed by atoms with Crippen molar-refractivity contribution < 1.29 is 8.78 Å². The molecule has 4 rings (SSSR count). The predicted octanol–water partition coefficient (Wildman–Crippen LogP) is 7.82. The number of hydrogen-bond donors (Lipinski definition) is 0. The number of rotatable bonds is 3. The van der Waals surface area contributed by atoms with Crippen LogP contribution in [0.5, 0.6) is 0 Å². The number of benzene rings is 2. The molecule has 0 amide bonds. The fourth-order valence-corrected chi connectivity index (χ4v) is 5.47. The quantitative estimate of drug-likeness (QED) is 0.476. The van der Waals surface area contributed by atoms with Crippen LogP contribution in [-0.4, -0.2) is 0 Å². The molecule has 2 aliphatic carbocycles. The van der Waals surface area contributed by atoms with Crippen LogP contribution in [0.3, 0.4) is 0 Å². The molecule has 0 radical (unpaired) electrons. The zero-order valence-electron chi connectivity index (χ0n) is 16.9. The lowest BCUT2D eigenvalue weighted by molar-refractivity contribution is 0.132. The summed E-state index contributed by atoms with van der Waals surface area (Å²) in [6, 6.07) is 10.6. The highest BCUT2D eigenvalue weighted by Gasteiger charge is 2.36. The fourth-order valence-electron chi connectivity index (χ4n) is 5.47. The van der Waals surface area contributed by atoms with E-state index in [0.717, 1.165) is 47.3 Å². The first kappa shape index (κ1) is 19.4. The number of allylic oxidation sites excluding steroid dienone is 2. The Hall–Kier alpha value is -1.96. The van der Waals surface area contributed by atoms with E-state index in [9.17, 15) is 8.78 Å². The van der Waals surface area contributed by atoms with Crippen molar-refractivity contribution >= 4 is 0 Å². The molecule has 0 nitrogen and oxygen atoms in total. The molecular weight excluding hydrogens is 350 g/mol. The Kier molecular flexibility index (Phi) is 5.66. The van der Waals surface area contributed by atoms with Crippen LogP contribution in [-0.2, 0) is 0 Å². The van der Waals surface area contributed by atoms with E-state index in [1.165, 1.54) is 31.7 Å².